The molecule has 5 heteroatoms. The summed E-state index contributed by atoms with van der Waals surface area (Å²) in [6.07, 6.45) is 3.71. The van der Waals surface area contributed by atoms with Gasteiger partial charge in [-0.25, -0.2) is 4.98 Å². The normalized spacial score (nSPS) is 10.5. The van der Waals surface area contributed by atoms with E-state index in [-0.39, 0.29) is 29.3 Å². The second kappa shape index (κ2) is 7.62. The van der Waals surface area contributed by atoms with E-state index in [1.807, 2.05) is 35.0 Å². The predicted molar refractivity (Wildman–Crippen MR) is 96.8 cm³/mol. The molecule has 0 atom stereocenters. The number of ketones is 1. The largest absolute Gasteiger partial charge is 1.00 e. The SMILES string of the molecule is COc1ccc(C(=O)C[n+]2cccc3ccc4cccnc4c32)cc1.[Br-]. The van der Waals surface area contributed by atoms with Crippen LogP contribution in [-0.4, -0.2) is 17.9 Å². The van der Waals surface area contributed by atoms with Gasteiger partial charge in [0.2, 0.25) is 17.8 Å². The van der Waals surface area contributed by atoms with Gasteiger partial charge in [0, 0.05) is 28.6 Å². The lowest BCUT2D eigenvalue weighted by Gasteiger charge is -2.05. The summed E-state index contributed by atoms with van der Waals surface area (Å²) in [7, 11) is 1.61. The van der Waals surface area contributed by atoms with Gasteiger partial charge in [0.05, 0.1) is 7.11 Å². The van der Waals surface area contributed by atoms with E-state index < -0.39 is 0 Å². The Kier molecular flexibility index (Phi) is 5.28. The summed E-state index contributed by atoms with van der Waals surface area (Å²) < 4.78 is 7.12. The topological polar surface area (TPSA) is 43.1 Å². The summed E-state index contributed by atoms with van der Waals surface area (Å²) in [6.45, 7) is 0.263. The Morgan fingerprint density at radius 1 is 1.00 bits per heavy atom. The number of nitrogens with zero attached hydrogens (tertiary/aromatic N) is 2. The Labute approximate surface area is 161 Å². The van der Waals surface area contributed by atoms with Gasteiger partial charge in [0.15, 0.2) is 6.20 Å². The molecule has 0 aliphatic carbocycles. The van der Waals surface area contributed by atoms with Crippen LogP contribution >= 0.6 is 0 Å². The first-order valence-corrected chi connectivity index (χ1v) is 8.09. The van der Waals surface area contributed by atoms with Crippen LogP contribution in [-0.2, 0) is 6.54 Å². The Morgan fingerprint density at radius 3 is 2.50 bits per heavy atom. The average Bonchev–Trinajstić information content (AvgIpc) is 2.68. The minimum atomic E-state index is 0. The molecule has 2 heterocycles. The lowest BCUT2D eigenvalue weighted by atomic mass is 10.1. The molecule has 2 aromatic heterocycles. The molecule has 4 rings (SSSR count). The van der Waals surface area contributed by atoms with Crippen LogP contribution in [0.2, 0.25) is 0 Å². The van der Waals surface area contributed by atoms with E-state index in [9.17, 15) is 4.79 Å². The summed E-state index contributed by atoms with van der Waals surface area (Å²) in [5.41, 5.74) is 2.55. The van der Waals surface area contributed by atoms with Crippen LogP contribution in [0.5, 0.6) is 5.75 Å². The second-order valence-corrected chi connectivity index (χ2v) is 5.87. The lowest BCUT2D eigenvalue weighted by Crippen LogP contribution is -3.00. The number of fused-ring (bicyclic) bond motifs is 3. The third-order valence-corrected chi connectivity index (χ3v) is 4.33. The van der Waals surface area contributed by atoms with Crippen molar-refractivity contribution in [3.63, 3.8) is 0 Å². The number of pyridine rings is 2. The Hall–Kier alpha value is -2.79. The summed E-state index contributed by atoms with van der Waals surface area (Å²) in [6, 6.07) is 19.3. The van der Waals surface area contributed by atoms with Crippen LogP contribution in [0.15, 0.2) is 73.1 Å². The third kappa shape index (κ3) is 3.30. The summed E-state index contributed by atoms with van der Waals surface area (Å²) >= 11 is 0. The first kappa shape index (κ1) is 18.0. The van der Waals surface area contributed by atoms with Crippen LogP contribution in [0.1, 0.15) is 10.4 Å². The van der Waals surface area contributed by atoms with Gasteiger partial charge in [-0.2, -0.15) is 4.57 Å². The number of hydrogen-bond acceptors (Lipinski definition) is 3. The van der Waals surface area contributed by atoms with Gasteiger partial charge in [0.1, 0.15) is 11.3 Å². The molecular formula is C21H17BrN2O2. The lowest BCUT2D eigenvalue weighted by molar-refractivity contribution is -0.656. The molecule has 4 aromatic rings. The smallest absolute Gasteiger partial charge is 0.239 e. The molecule has 0 amide bonds. The Bertz CT molecular complexity index is 1080. The van der Waals surface area contributed by atoms with Crippen molar-refractivity contribution in [1.82, 2.24) is 4.98 Å². The van der Waals surface area contributed by atoms with Gasteiger partial charge in [-0.1, -0.05) is 12.1 Å². The van der Waals surface area contributed by atoms with E-state index in [0.29, 0.717) is 5.56 Å². The molecule has 0 radical (unpaired) electrons. The fourth-order valence-electron chi connectivity index (χ4n) is 3.06. The number of aromatic nitrogens is 2. The van der Waals surface area contributed by atoms with E-state index >= 15 is 0 Å². The fraction of sp³-hybridized carbons (Fsp3) is 0.0952. The molecule has 0 fully saturated rings. The van der Waals surface area contributed by atoms with E-state index in [1.54, 1.807) is 37.6 Å². The quantitative estimate of drug-likeness (QED) is 0.281. The Morgan fingerprint density at radius 2 is 1.73 bits per heavy atom. The molecule has 0 N–H and O–H groups in total. The maximum Gasteiger partial charge on any atom is 0.239 e. The zero-order chi connectivity index (χ0) is 17.2. The van der Waals surface area contributed by atoms with E-state index in [2.05, 4.69) is 17.1 Å². The fourth-order valence-corrected chi connectivity index (χ4v) is 3.06. The molecule has 4 nitrogen and oxygen atoms in total. The number of hydrogen-bond donors (Lipinski definition) is 0. The van der Waals surface area contributed by atoms with Crippen LogP contribution in [0.25, 0.3) is 21.8 Å². The van der Waals surface area contributed by atoms with Crippen LogP contribution < -0.4 is 26.3 Å². The third-order valence-electron chi connectivity index (χ3n) is 4.33. The first-order valence-electron chi connectivity index (χ1n) is 8.09. The van der Waals surface area contributed by atoms with Crippen molar-refractivity contribution in [2.45, 2.75) is 6.54 Å². The second-order valence-electron chi connectivity index (χ2n) is 5.87. The monoisotopic (exact) mass is 408 g/mol. The maximum absolute atomic E-state index is 12.7. The number of halogens is 1. The van der Waals surface area contributed by atoms with Gasteiger partial charge in [-0.3, -0.25) is 4.79 Å². The highest BCUT2D eigenvalue weighted by atomic mass is 79.9. The van der Waals surface area contributed by atoms with E-state index in [0.717, 1.165) is 27.6 Å². The van der Waals surface area contributed by atoms with Crippen molar-refractivity contribution in [3.05, 3.63) is 78.6 Å². The highest BCUT2D eigenvalue weighted by molar-refractivity contribution is 6.01. The molecule has 0 bridgehead atoms. The van der Waals surface area contributed by atoms with Crippen LogP contribution in [0.3, 0.4) is 0 Å². The van der Waals surface area contributed by atoms with E-state index in [4.69, 9.17) is 4.74 Å². The van der Waals surface area contributed by atoms with Gasteiger partial charge in [-0.15, -0.1) is 0 Å². The molecule has 0 spiro atoms. The summed E-state index contributed by atoms with van der Waals surface area (Å²) in [5, 5.41) is 2.13. The molecule has 0 aliphatic rings. The summed E-state index contributed by atoms with van der Waals surface area (Å²) in [5.74, 6) is 0.789. The van der Waals surface area contributed by atoms with Crippen molar-refractivity contribution in [2.75, 3.05) is 7.11 Å². The first-order chi connectivity index (χ1) is 12.3. The predicted octanol–water partition coefficient (Wildman–Crippen LogP) is 0.571. The number of ether oxygens (including phenoxy) is 1. The van der Waals surface area contributed by atoms with Crippen molar-refractivity contribution in [2.24, 2.45) is 0 Å². The highest BCUT2D eigenvalue weighted by Crippen LogP contribution is 2.20. The van der Waals surface area contributed by atoms with Gasteiger partial charge >= 0.3 is 0 Å². The molecule has 130 valence electrons. The van der Waals surface area contributed by atoms with Gasteiger partial charge in [-0.05, 0) is 42.5 Å². The van der Waals surface area contributed by atoms with Crippen molar-refractivity contribution < 1.29 is 31.1 Å². The van der Waals surface area contributed by atoms with Crippen LogP contribution in [0, 0.1) is 0 Å². The number of Topliss-reactive ketones (excluding diaryl/α,β-unsaturated/α-hetero) is 1. The molecule has 0 unspecified atom stereocenters. The van der Waals surface area contributed by atoms with Crippen molar-refractivity contribution in [3.8, 4) is 5.75 Å². The van der Waals surface area contributed by atoms with Crippen molar-refractivity contribution >= 4 is 27.6 Å². The molecule has 0 aliphatic heterocycles. The molecule has 0 saturated carbocycles. The summed E-state index contributed by atoms with van der Waals surface area (Å²) in [4.78, 5) is 17.2. The highest BCUT2D eigenvalue weighted by Gasteiger charge is 2.18. The standard InChI is InChI=1S/C21H17N2O2.BrH/c1-25-18-10-8-15(9-11-18)19(24)14-23-13-3-5-17-7-6-16-4-2-12-22-20(16)21(17)23;/h2-13H,14H2,1H3;1H/q+1;/p-1. The molecule has 0 saturated heterocycles. The molecule has 26 heavy (non-hydrogen) atoms. The minimum absolute atomic E-state index is 0. The Balaban J connectivity index is 0.00000196. The number of carbonyl (C=O) groups excluding carboxylic acids is 1. The molecule has 2 aromatic carbocycles. The number of methoxy groups -OCH3 is 1. The van der Waals surface area contributed by atoms with Gasteiger partial charge < -0.3 is 21.7 Å². The molecular weight excluding hydrogens is 392 g/mol. The zero-order valence-corrected chi connectivity index (χ0v) is 15.8. The number of benzene rings is 2. The maximum atomic E-state index is 12.7. The van der Waals surface area contributed by atoms with Crippen molar-refractivity contribution in [1.29, 1.82) is 0 Å². The van der Waals surface area contributed by atoms with Crippen LogP contribution in [0.4, 0.5) is 0 Å². The van der Waals surface area contributed by atoms with Gasteiger partial charge in [0.25, 0.3) is 0 Å². The average molecular weight is 409 g/mol. The van der Waals surface area contributed by atoms with E-state index in [1.165, 1.54) is 0 Å². The zero-order valence-electron chi connectivity index (χ0n) is 14.2. The number of carbonyl (C=O) groups is 1. The number of rotatable bonds is 4. The minimum Gasteiger partial charge on any atom is -1.00 e.